The van der Waals surface area contributed by atoms with Crippen molar-refractivity contribution in [3.63, 3.8) is 0 Å². The molecule has 0 spiro atoms. The number of carbonyl (C=O) groups is 1. The van der Waals surface area contributed by atoms with Gasteiger partial charge >= 0.3 is 0 Å². The standard InChI is InChI=1S/C16H25NO/c1-5-14-7-9-15(10-8-14)13(4)17-16(18)11-6-12(2)3/h7-10,12-13H,5-6,11H2,1-4H3,(H,17,18). The Morgan fingerprint density at radius 1 is 1.17 bits per heavy atom. The second kappa shape index (κ2) is 7.20. The quantitative estimate of drug-likeness (QED) is 0.812. The number of nitrogens with one attached hydrogen (secondary N) is 1. The van der Waals surface area contributed by atoms with Gasteiger partial charge < -0.3 is 5.32 Å². The van der Waals surface area contributed by atoms with Crippen LogP contribution < -0.4 is 5.32 Å². The first-order valence-electron chi connectivity index (χ1n) is 6.91. The van der Waals surface area contributed by atoms with E-state index in [1.165, 1.54) is 11.1 Å². The molecule has 0 aliphatic heterocycles. The molecule has 0 aliphatic rings. The summed E-state index contributed by atoms with van der Waals surface area (Å²) < 4.78 is 0. The number of benzene rings is 1. The highest BCUT2D eigenvalue weighted by Crippen LogP contribution is 2.14. The van der Waals surface area contributed by atoms with E-state index in [0.717, 1.165) is 12.8 Å². The Kier molecular flexibility index (Phi) is 5.90. The SMILES string of the molecule is CCc1ccc(C(C)NC(=O)CCC(C)C)cc1. The zero-order valence-electron chi connectivity index (χ0n) is 12.0. The lowest BCUT2D eigenvalue weighted by Crippen LogP contribution is -2.26. The number of carbonyl (C=O) groups excluding carboxylic acids is 1. The van der Waals surface area contributed by atoms with Gasteiger partial charge in [0.05, 0.1) is 6.04 Å². The monoisotopic (exact) mass is 247 g/mol. The first-order valence-corrected chi connectivity index (χ1v) is 6.91. The van der Waals surface area contributed by atoms with E-state index in [2.05, 4.69) is 50.4 Å². The largest absolute Gasteiger partial charge is 0.350 e. The molecule has 0 heterocycles. The van der Waals surface area contributed by atoms with Crippen LogP contribution in [0, 0.1) is 5.92 Å². The van der Waals surface area contributed by atoms with Crippen molar-refractivity contribution in [3.8, 4) is 0 Å². The van der Waals surface area contributed by atoms with Gasteiger partial charge in [-0.1, -0.05) is 45.0 Å². The maximum absolute atomic E-state index is 11.7. The van der Waals surface area contributed by atoms with E-state index in [9.17, 15) is 4.79 Å². The lowest BCUT2D eigenvalue weighted by atomic mass is 10.0. The van der Waals surface area contributed by atoms with Crippen molar-refractivity contribution in [2.24, 2.45) is 5.92 Å². The second-order valence-corrected chi connectivity index (χ2v) is 5.32. The zero-order chi connectivity index (χ0) is 13.5. The van der Waals surface area contributed by atoms with Crippen LogP contribution in [0.2, 0.25) is 0 Å². The zero-order valence-corrected chi connectivity index (χ0v) is 12.0. The van der Waals surface area contributed by atoms with Crippen molar-refractivity contribution in [3.05, 3.63) is 35.4 Å². The summed E-state index contributed by atoms with van der Waals surface area (Å²) in [5.74, 6) is 0.727. The van der Waals surface area contributed by atoms with Gasteiger partial charge in [0.15, 0.2) is 0 Å². The number of aryl methyl sites for hydroxylation is 1. The molecule has 1 aromatic carbocycles. The smallest absolute Gasteiger partial charge is 0.220 e. The summed E-state index contributed by atoms with van der Waals surface area (Å²) in [5, 5.41) is 3.05. The maximum atomic E-state index is 11.7. The van der Waals surface area contributed by atoms with E-state index in [1.807, 2.05) is 6.92 Å². The van der Waals surface area contributed by atoms with Gasteiger partial charge in [0.25, 0.3) is 0 Å². The summed E-state index contributed by atoms with van der Waals surface area (Å²) in [5.41, 5.74) is 2.50. The molecule has 0 saturated heterocycles. The van der Waals surface area contributed by atoms with E-state index in [1.54, 1.807) is 0 Å². The van der Waals surface area contributed by atoms with Gasteiger partial charge in [-0.05, 0) is 36.8 Å². The van der Waals surface area contributed by atoms with Crippen molar-refractivity contribution < 1.29 is 4.79 Å². The Bertz CT molecular complexity index is 367. The minimum atomic E-state index is 0.0931. The summed E-state index contributed by atoms with van der Waals surface area (Å²) in [6.45, 7) is 8.46. The van der Waals surface area contributed by atoms with Crippen LogP contribution in [0.25, 0.3) is 0 Å². The first kappa shape index (κ1) is 14.7. The highest BCUT2D eigenvalue weighted by Gasteiger charge is 2.09. The molecule has 0 fully saturated rings. The fraction of sp³-hybridized carbons (Fsp3) is 0.562. The third-order valence-corrected chi connectivity index (χ3v) is 3.21. The van der Waals surface area contributed by atoms with Crippen LogP contribution in [0.5, 0.6) is 0 Å². The van der Waals surface area contributed by atoms with Crippen molar-refractivity contribution >= 4 is 5.91 Å². The molecule has 0 aliphatic carbocycles. The molecule has 1 atom stereocenters. The first-order chi connectivity index (χ1) is 8.52. The molecular formula is C16H25NO. The minimum absolute atomic E-state index is 0.0931. The molecule has 2 heteroatoms. The Hall–Kier alpha value is -1.31. The molecule has 2 nitrogen and oxygen atoms in total. The van der Waals surface area contributed by atoms with Gasteiger partial charge in [0.1, 0.15) is 0 Å². The fourth-order valence-electron chi connectivity index (χ4n) is 1.86. The second-order valence-electron chi connectivity index (χ2n) is 5.32. The average Bonchev–Trinajstić information content (AvgIpc) is 2.36. The van der Waals surface area contributed by atoms with Crippen molar-refractivity contribution in [2.75, 3.05) is 0 Å². The molecule has 0 bridgehead atoms. The van der Waals surface area contributed by atoms with Crippen molar-refractivity contribution in [1.82, 2.24) is 5.32 Å². The fourth-order valence-corrected chi connectivity index (χ4v) is 1.86. The summed E-state index contributed by atoms with van der Waals surface area (Å²) in [4.78, 5) is 11.7. The summed E-state index contributed by atoms with van der Waals surface area (Å²) >= 11 is 0. The van der Waals surface area contributed by atoms with Crippen LogP contribution in [-0.4, -0.2) is 5.91 Å². The maximum Gasteiger partial charge on any atom is 0.220 e. The summed E-state index contributed by atoms with van der Waals surface area (Å²) in [6, 6.07) is 8.56. The number of hydrogen-bond acceptors (Lipinski definition) is 1. The van der Waals surface area contributed by atoms with Gasteiger partial charge in [-0.3, -0.25) is 4.79 Å². The van der Waals surface area contributed by atoms with E-state index in [0.29, 0.717) is 12.3 Å². The Labute approximate surface area is 111 Å². The summed E-state index contributed by atoms with van der Waals surface area (Å²) in [7, 11) is 0. The third-order valence-electron chi connectivity index (χ3n) is 3.21. The van der Waals surface area contributed by atoms with Crippen LogP contribution in [0.4, 0.5) is 0 Å². The number of amides is 1. The Morgan fingerprint density at radius 3 is 2.28 bits per heavy atom. The number of rotatable bonds is 6. The topological polar surface area (TPSA) is 29.1 Å². The Balaban J connectivity index is 2.48. The van der Waals surface area contributed by atoms with Gasteiger partial charge in [-0.15, -0.1) is 0 Å². The highest BCUT2D eigenvalue weighted by molar-refractivity contribution is 5.76. The van der Waals surface area contributed by atoms with Crippen LogP contribution in [0.3, 0.4) is 0 Å². The Morgan fingerprint density at radius 2 is 1.78 bits per heavy atom. The predicted octanol–water partition coefficient (Wildman–Crippen LogP) is 3.86. The molecule has 1 amide bonds. The molecule has 18 heavy (non-hydrogen) atoms. The van der Waals surface area contributed by atoms with Crippen LogP contribution >= 0.6 is 0 Å². The molecule has 1 N–H and O–H groups in total. The average molecular weight is 247 g/mol. The van der Waals surface area contributed by atoms with E-state index >= 15 is 0 Å². The lowest BCUT2D eigenvalue weighted by Gasteiger charge is -2.15. The molecule has 1 aromatic rings. The highest BCUT2D eigenvalue weighted by atomic mass is 16.1. The third kappa shape index (κ3) is 4.91. The van der Waals surface area contributed by atoms with Crippen LogP contribution in [-0.2, 0) is 11.2 Å². The van der Waals surface area contributed by atoms with Crippen LogP contribution in [0.1, 0.15) is 57.7 Å². The van der Waals surface area contributed by atoms with Gasteiger partial charge in [-0.25, -0.2) is 0 Å². The van der Waals surface area contributed by atoms with Crippen molar-refractivity contribution in [2.45, 2.75) is 53.0 Å². The predicted molar refractivity (Wildman–Crippen MR) is 76.4 cm³/mol. The van der Waals surface area contributed by atoms with E-state index in [4.69, 9.17) is 0 Å². The molecule has 0 saturated carbocycles. The van der Waals surface area contributed by atoms with Crippen LogP contribution in [0.15, 0.2) is 24.3 Å². The molecule has 100 valence electrons. The van der Waals surface area contributed by atoms with E-state index < -0.39 is 0 Å². The van der Waals surface area contributed by atoms with Crippen molar-refractivity contribution in [1.29, 1.82) is 0 Å². The minimum Gasteiger partial charge on any atom is -0.350 e. The van der Waals surface area contributed by atoms with E-state index in [-0.39, 0.29) is 11.9 Å². The number of hydrogen-bond donors (Lipinski definition) is 1. The lowest BCUT2D eigenvalue weighted by molar-refractivity contribution is -0.122. The molecule has 0 radical (unpaired) electrons. The van der Waals surface area contributed by atoms with Gasteiger partial charge in [-0.2, -0.15) is 0 Å². The molecule has 1 rings (SSSR count). The summed E-state index contributed by atoms with van der Waals surface area (Å²) in [6.07, 6.45) is 2.62. The van der Waals surface area contributed by atoms with Gasteiger partial charge in [0.2, 0.25) is 5.91 Å². The van der Waals surface area contributed by atoms with Gasteiger partial charge in [0, 0.05) is 6.42 Å². The molecule has 1 unspecified atom stereocenters. The normalized spacial score (nSPS) is 12.5. The molecular weight excluding hydrogens is 222 g/mol. The molecule has 0 aromatic heterocycles.